The molecular weight excluding hydrogens is 457 g/mol. The van der Waals surface area contributed by atoms with E-state index in [9.17, 15) is 0 Å². The minimum atomic E-state index is -1.96. The van der Waals surface area contributed by atoms with Crippen LogP contribution in [0.15, 0.2) is 72.8 Å². The summed E-state index contributed by atoms with van der Waals surface area (Å²) in [5.41, 5.74) is 10.5. The maximum atomic E-state index is 7.51. The molecule has 0 N–H and O–H groups in total. The van der Waals surface area contributed by atoms with Crippen LogP contribution < -0.4 is 20.7 Å². The van der Waals surface area contributed by atoms with E-state index in [-0.39, 0.29) is 0 Å². The van der Waals surface area contributed by atoms with Crippen molar-refractivity contribution in [3.05, 3.63) is 117 Å². The Morgan fingerprint density at radius 1 is 0.314 bits per heavy atom. The van der Waals surface area contributed by atoms with Crippen LogP contribution in [0.5, 0.6) is 0 Å². The molecule has 0 unspecified atom stereocenters. The van der Waals surface area contributed by atoms with Crippen molar-refractivity contribution in [2.24, 2.45) is 0 Å². The van der Waals surface area contributed by atoms with Crippen LogP contribution in [0.4, 0.5) is 0 Å². The largest absolute Gasteiger partial charge is 0.446 e. The van der Waals surface area contributed by atoms with Crippen molar-refractivity contribution in [2.45, 2.75) is 55.4 Å². The van der Waals surface area contributed by atoms with Crippen molar-refractivity contribution >= 4 is 38.8 Å². The maximum absolute atomic E-state index is 7.51. The molecule has 0 radical (unpaired) electrons. The summed E-state index contributed by atoms with van der Waals surface area (Å²) >= 11 is 0. The third-order valence-corrected chi connectivity index (χ3v) is 12.4. The molecule has 0 saturated carbocycles. The molecule has 0 spiro atoms. The van der Waals surface area contributed by atoms with Gasteiger partial charge in [0.2, 0.25) is 18.1 Å². The molecule has 0 aliphatic rings. The summed E-state index contributed by atoms with van der Waals surface area (Å²) in [5.74, 6) is 0. The molecule has 0 heterocycles. The summed E-state index contributed by atoms with van der Waals surface area (Å²) in [6.07, 6.45) is 0. The van der Waals surface area contributed by atoms with Crippen molar-refractivity contribution in [1.29, 1.82) is 0 Å². The topological polar surface area (TPSA) is 9.23 Å². The van der Waals surface area contributed by atoms with Gasteiger partial charge in [-0.3, -0.25) is 0 Å². The second-order valence-corrected chi connectivity index (χ2v) is 15.9. The summed E-state index contributed by atoms with van der Waals surface area (Å²) < 4.78 is 7.51. The summed E-state index contributed by atoms with van der Waals surface area (Å²) in [5, 5.41) is 5.50. The van der Waals surface area contributed by atoms with Gasteiger partial charge in [-0.25, -0.2) is 0 Å². The van der Waals surface area contributed by atoms with E-state index in [1.165, 1.54) is 65.3 Å². The molecule has 0 aromatic heterocycles. The molecule has 1 nitrogen and oxygen atoms in total. The van der Waals surface area contributed by atoms with Crippen LogP contribution in [0.1, 0.15) is 44.5 Å². The number of hydrogen-bond donors (Lipinski definition) is 0. The summed E-state index contributed by atoms with van der Waals surface area (Å²) in [6.45, 7) is 17.6. The van der Waals surface area contributed by atoms with Crippen molar-refractivity contribution in [3.63, 3.8) is 0 Å². The zero-order valence-electron chi connectivity index (χ0n) is 22.5. The van der Waals surface area contributed by atoms with Gasteiger partial charge in [0.15, 0.2) is 0 Å². The lowest BCUT2D eigenvalue weighted by Crippen LogP contribution is -2.56. The fraction of sp³-hybridized carbons (Fsp3) is 0.250. The van der Waals surface area contributed by atoms with Crippen molar-refractivity contribution in [1.82, 2.24) is 0 Å². The smallest absolute Gasteiger partial charge is 0.228 e. The van der Waals surface area contributed by atoms with Gasteiger partial charge in [-0.15, -0.1) is 0 Å². The molecule has 3 heteroatoms. The molecule has 0 bridgehead atoms. The highest BCUT2D eigenvalue weighted by Crippen LogP contribution is 2.10. The highest BCUT2D eigenvalue weighted by molar-refractivity contribution is 6.91. The van der Waals surface area contributed by atoms with E-state index < -0.39 is 18.1 Å². The van der Waals surface area contributed by atoms with Gasteiger partial charge >= 0.3 is 0 Å². The highest BCUT2D eigenvalue weighted by Gasteiger charge is 2.28. The van der Waals surface area contributed by atoms with Gasteiger partial charge in [0, 0.05) is 0 Å². The molecule has 4 aromatic rings. The molecular formula is C32H38OSi2. The number of benzene rings is 4. The van der Waals surface area contributed by atoms with Crippen LogP contribution in [0, 0.1) is 55.4 Å². The van der Waals surface area contributed by atoms with Crippen molar-refractivity contribution in [2.75, 3.05) is 0 Å². The quantitative estimate of drug-likeness (QED) is 0.358. The predicted molar refractivity (Wildman–Crippen MR) is 158 cm³/mol. The zero-order valence-corrected chi connectivity index (χ0v) is 24.8. The lowest BCUT2D eigenvalue weighted by molar-refractivity contribution is 0.633. The minimum absolute atomic E-state index is 1.31. The monoisotopic (exact) mass is 494 g/mol. The molecule has 0 atom stereocenters. The fourth-order valence-corrected chi connectivity index (χ4v) is 13.2. The van der Waals surface area contributed by atoms with Crippen LogP contribution in [-0.4, -0.2) is 18.1 Å². The zero-order chi connectivity index (χ0) is 25.3. The SMILES string of the molecule is Cc1cc(C)cc([SiH](O[SiH](c2cc(C)cc(C)c2)c2cc(C)cc(C)c2)c2cc(C)cc(C)c2)c1. The Morgan fingerprint density at radius 3 is 0.657 bits per heavy atom. The van der Waals surface area contributed by atoms with Gasteiger partial charge in [-0.2, -0.15) is 0 Å². The van der Waals surface area contributed by atoms with Crippen molar-refractivity contribution in [3.8, 4) is 0 Å². The van der Waals surface area contributed by atoms with Crippen LogP contribution in [0.25, 0.3) is 0 Å². The first-order valence-electron chi connectivity index (χ1n) is 12.6. The third-order valence-electron chi connectivity index (χ3n) is 6.46. The summed E-state index contributed by atoms with van der Waals surface area (Å²) in [4.78, 5) is 0. The molecule has 0 fully saturated rings. The summed E-state index contributed by atoms with van der Waals surface area (Å²) in [7, 11) is -3.92. The highest BCUT2D eigenvalue weighted by atomic mass is 28.4. The maximum Gasteiger partial charge on any atom is 0.228 e. The fourth-order valence-electron chi connectivity index (χ4n) is 5.48. The van der Waals surface area contributed by atoms with Crippen LogP contribution >= 0.6 is 0 Å². The first kappa shape index (κ1) is 25.4. The van der Waals surface area contributed by atoms with E-state index in [0.717, 1.165) is 0 Å². The Bertz CT molecular complexity index is 1080. The van der Waals surface area contributed by atoms with Crippen LogP contribution in [0.3, 0.4) is 0 Å². The lowest BCUT2D eigenvalue weighted by Gasteiger charge is -2.27. The molecule has 0 aliphatic carbocycles. The van der Waals surface area contributed by atoms with E-state index in [2.05, 4.69) is 128 Å². The van der Waals surface area contributed by atoms with Gasteiger partial charge in [0.25, 0.3) is 0 Å². The van der Waals surface area contributed by atoms with Gasteiger partial charge in [-0.1, -0.05) is 117 Å². The minimum Gasteiger partial charge on any atom is -0.446 e. The second kappa shape index (κ2) is 10.5. The first-order valence-corrected chi connectivity index (χ1v) is 15.8. The van der Waals surface area contributed by atoms with Crippen LogP contribution in [-0.2, 0) is 4.12 Å². The first-order chi connectivity index (χ1) is 16.6. The Hall–Kier alpha value is -2.73. The van der Waals surface area contributed by atoms with Gasteiger partial charge < -0.3 is 4.12 Å². The third kappa shape index (κ3) is 6.29. The second-order valence-electron chi connectivity index (χ2n) is 10.6. The van der Waals surface area contributed by atoms with E-state index in [4.69, 9.17) is 4.12 Å². The van der Waals surface area contributed by atoms with E-state index >= 15 is 0 Å². The Labute approximate surface area is 215 Å². The molecule has 35 heavy (non-hydrogen) atoms. The van der Waals surface area contributed by atoms with E-state index in [1.54, 1.807) is 0 Å². The molecule has 4 rings (SSSR count). The summed E-state index contributed by atoms with van der Waals surface area (Å²) in [6, 6.07) is 27.9. The predicted octanol–water partition coefficient (Wildman–Crippen LogP) is 4.55. The van der Waals surface area contributed by atoms with Crippen LogP contribution in [0.2, 0.25) is 0 Å². The van der Waals surface area contributed by atoms with E-state index in [1.807, 2.05) is 0 Å². The lowest BCUT2D eigenvalue weighted by atomic mass is 10.2. The Balaban J connectivity index is 1.92. The van der Waals surface area contributed by atoms with Gasteiger partial charge in [-0.05, 0) is 76.1 Å². The molecule has 0 aliphatic heterocycles. The number of hydrogen-bond acceptors (Lipinski definition) is 1. The molecule has 4 aromatic carbocycles. The number of aryl methyl sites for hydroxylation is 8. The normalized spacial score (nSPS) is 11.5. The standard InChI is InChI=1S/C32H38OSi2/c1-21-9-22(2)14-29(13-21)34(30-15-23(3)10-24(4)16-30)33-35(31-17-25(5)11-26(6)18-31)32-19-27(7)12-28(8)20-32/h9-20,34-35H,1-8H3. The average Bonchev–Trinajstić information content (AvgIpc) is 2.71. The Kier molecular flexibility index (Phi) is 7.60. The van der Waals surface area contributed by atoms with Crippen molar-refractivity contribution < 1.29 is 4.12 Å². The van der Waals surface area contributed by atoms with Gasteiger partial charge in [0.05, 0.1) is 0 Å². The molecule has 180 valence electrons. The average molecular weight is 495 g/mol. The van der Waals surface area contributed by atoms with Gasteiger partial charge in [0.1, 0.15) is 0 Å². The number of rotatable bonds is 6. The Morgan fingerprint density at radius 2 is 0.486 bits per heavy atom. The molecule has 0 saturated heterocycles. The van der Waals surface area contributed by atoms with E-state index in [0.29, 0.717) is 0 Å². The molecule has 0 amide bonds.